The van der Waals surface area contributed by atoms with Crippen molar-refractivity contribution in [3.8, 4) is 0 Å². The number of aryl methyl sites for hydroxylation is 4. The fourth-order valence-corrected chi connectivity index (χ4v) is 5.80. The molecule has 34 heavy (non-hydrogen) atoms. The third kappa shape index (κ3) is 7.41. The molecule has 6 heteroatoms. The topological polar surface area (TPSA) is 48.1 Å². The van der Waals surface area contributed by atoms with Crippen molar-refractivity contribution in [3.63, 3.8) is 0 Å². The minimum Gasteiger partial charge on any atom is -0.362 e. The average Bonchev–Trinajstić information content (AvgIpc) is 2.70. The number of benzene rings is 2. The number of hydrogen-bond donors (Lipinski definition) is 4. The third-order valence-electron chi connectivity index (χ3n) is 6.98. The van der Waals surface area contributed by atoms with Gasteiger partial charge in [0.05, 0.1) is 0 Å². The summed E-state index contributed by atoms with van der Waals surface area (Å²) in [6.07, 6.45) is 3.25. The van der Waals surface area contributed by atoms with Gasteiger partial charge in [-0.3, -0.25) is 0 Å². The van der Waals surface area contributed by atoms with E-state index in [2.05, 4.69) is 106 Å². The summed E-state index contributed by atoms with van der Waals surface area (Å²) in [7, 11) is 0. The van der Waals surface area contributed by atoms with Crippen molar-refractivity contribution >= 4 is 46.0 Å². The first-order chi connectivity index (χ1) is 15.8. The largest absolute Gasteiger partial charge is 0.362 e. The Bertz CT molecular complexity index is 1060. The summed E-state index contributed by atoms with van der Waals surface area (Å²) in [6, 6.07) is 13.0. The Balaban J connectivity index is 1.58. The summed E-state index contributed by atoms with van der Waals surface area (Å²) in [5.74, 6) is 0. The van der Waals surface area contributed by atoms with Gasteiger partial charge in [-0.1, -0.05) is 32.9 Å². The maximum Gasteiger partial charge on any atom is 0.170 e. The molecule has 0 heterocycles. The highest BCUT2D eigenvalue weighted by Gasteiger charge is 2.41. The van der Waals surface area contributed by atoms with Gasteiger partial charge < -0.3 is 21.3 Å². The molecule has 0 amide bonds. The maximum atomic E-state index is 5.67. The van der Waals surface area contributed by atoms with Crippen LogP contribution in [0, 0.1) is 38.5 Å². The third-order valence-corrected chi connectivity index (χ3v) is 7.45. The Morgan fingerprint density at radius 3 is 1.85 bits per heavy atom. The van der Waals surface area contributed by atoms with Crippen LogP contribution in [0.1, 0.15) is 62.3 Å². The Kier molecular flexibility index (Phi) is 8.25. The fourth-order valence-electron chi connectivity index (χ4n) is 5.33. The maximum absolute atomic E-state index is 5.67. The highest BCUT2D eigenvalue weighted by molar-refractivity contribution is 7.80. The smallest absolute Gasteiger partial charge is 0.170 e. The van der Waals surface area contributed by atoms with Crippen LogP contribution in [-0.2, 0) is 0 Å². The van der Waals surface area contributed by atoms with E-state index in [1.807, 2.05) is 0 Å². The lowest BCUT2D eigenvalue weighted by Crippen LogP contribution is -2.51. The van der Waals surface area contributed by atoms with Crippen LogP contribution < -0.4 is 21.3 Å². The van der Waals surface area contributed by atoms with Gasteiger partial charge in [0.25, 0.3) is 0 Å². The van der Waals surface area contributed by atoms with Crippen molar-refractivity contribution in [2.45, 2.75) is 73.8 Å². The summed E-state index contributed by atoms with van der Waals surface area (Å²) < 4.78 is 0. The highest BCUT2D eigenvalue weighted by Crippen LogP contribution is 2.45. The molecule has 4 N–H and O–H groups in total. The first-order valence-corrected chi connectivity index (χ1v) is 12.9. The zero-order valence-electron chi connectivity index (χ0n) is 21.7. The molecular formula is C28H40N4S2. The summed E-state index contributed by atoms with van der Waals surface area (Å²) in [5, 5.41) is 15.1. The van der Waals surface area contributed by atoms with Gasteiger partial charge in [0.1, 0.15) is 0 Å². The Hall–Kier alpha value is -2.18. The van der Waals surface area contributed by atoms with E-state index in [0.29, 0.717) is 16.3 Å². The molecule has 0 unspecified atom stereocenters. The molecule has 1 aliphatic carbocycles. The van der Waals surface area contributed by atoms with Gasteiger partial charge in [-0.2, -0.15) is 0 Å². The Labute approximate surface area is 216 Å². The van der Waals surface area contributed by atoms with Crippen molar-refractivity contribution in [3.05, 3.63) is 58.7 Å². The van der Waals surface area contributed by atoms with E-state index in [1.54, 1.807) is 0 Å². The number of nitrogens with one attached hydrogen (secondary N) is 4. The number of thiocarbonyl (C=S) groups is 2. The Morgan fingerprint density at radius 2 is 1.32 bits per heavy atom. The molecule has 184 valence electrons. The zero-order chi connectivity index (χ0) is 25.1. The molecule has 2 aromatic carbocycles. The van der Waals surface area contributed by atoms with Crippen molar-refractivity contribution in [1.82, 2.24) is 10.6 Å². The van der Waals surface area contributed by atoms with Crippen molar-refractivity contribution in [2.24, 2.45) is 10.8 Å². The monoisotopic (exact) mass is 496 g/mol. The zero-order valence-corrected chi connectivity index (χ0v) is 23.3. The van der Waals surface area contributed by atoms with E-state index in [0.717, 1.165) is 37.2 Å². The molecule has 1 saturated carbocycles. The lowest BCUT2D eigenvalue weighted by molar-refractivity contribution is 0.0807. The van der Waals surface area contributed by atoms with E-state index in [1.165, 1.54) is 22.3 Å². The van der Waals surface area contributed by atoms with Crippen LogP contribution in [0.4, 0.5) is 11.4 Å². The van der Waals surface area contributed by atoms with Crippen molar-refractivity contribution < 1.29 is 0 Å². The number of rotatable bonds is 5. The lowest BCUT2D eigenvalue weighted by atomic mass is 9.62. The molecular weight excluding hydrogens is 456 g/mol. The van der Waals surface area contributed by atoms with Gasteiger partial charge in [0.15, 0.2) is 10.2 Å². The van der Waals surface area contributed by atoms with Gasteiger partial charge in [-0.05, 0) is 129 Å². The van der Waals surface area contributed by atoms with Crippen LogP contribution in [0.3, 0.4) is 0 Å². The minimum absolute atomic E-state index is 0.102. The molecule has 1 fully saturated rings. The predicted molar refractivity (Wildman–Crippen MR) is 155 cm³/mol. The van der Waals surface area contributed by atoms with Gasteiger partial charge >= 0.3 is 0 Å². The predicted octanol–water partition coefficient (Wildman–Crippen LogP) is 6.78. The molecule has 0 spiro atoms. The molecule has 0 radical (unpaired) electrons. The molecule has 0 bridgehead atoms. The number of hydrogen-bond acceptors (Lipinski definition) is 2. The molecule has 1 aliphatic rings. The standard InChI is InChI=1S/C28H40N4S2/c1-18-8-10-22(12-20(18)3)30-25(33)29-17-28(7)15-24(14-27(5,6)16-28)32-26(34)31-23-11-9-19(2)21(4)13-23/h8-13,24H,14-17H2,1-7H3,(H2,29,30,33)(H2,31,32,34)/t24-,28-/m1/s1. The van der Waals surface area contributed by atoms with Gasteiger partial charge in [0, 0.05) is 24.0 Å². The normalized spacial score (nSPS) is 21.4. The van der Waals surface area contributed by atoms with Crippen LogP contribution >= 0.6 is 24.4 Å². The van der Waals surface area contributed by atoms with E-state index in [4.69, 9.17) is 24.4 Å². The Morgan fingerprint density at radius 1 is 0.794 bits per heavy atom. The van der Waals surface area contributed by atoms with Gasteiger partial charge in [-0.15, -0.1) is 0 Å². The lowest BCUT2D eigenvalue weighted by Gasteiger charge is -2.47. The second-order valence-electron chi connectivity index (χ2n) is 11.3. The average molecular weight is 497 g/mol. The van der Waals surface area contributed by atoms with E-state index >= 15 is 0 Å². The molecule has 4 nitrogen and oxygen atoms in total. The van der Waals surface area contributed by atoms with Crippen LogP contribution in [0.5, 0.6) is 0 Å². The molecule has 0 aliphatic heterocycles. The summed E-state index contributed by atoms with van der Waals surface area (Å²) in [5.41, 5.74) is 7.45. The first-order valence-electron chi connectivity index (χ1n) is 12.1. The van der Waals surface area contributed by atoms with Gasteiger partial charge in [-0.25, -0.2) is 0 Å². The van der Waals surface area contributed by atoms with E-state index < -0.39 is 0 Å². The minimum atomic E-state index is 0.102. The fraction of sp³-hybridized carbons (Fsp3) is 0.500. The second kappa shape index (κ2) is 10.6. The molecule has 0 aromatic heterocycles. The van der Waals surface area contributed by atoms with Crippen LogP contribution in [-0.4, -0.2) is 22.8 Å². The highest BCUT2D eigenvalue weighted by atomic mass is 32.1. The van der Waals surface area contributed by atoms with Crippen molar-refractivity contribution in [1.29, 1.82) is 0 Å². The van der Waals surface area contributed by atoms with Crippen LogP contribution in [0.2, 0.25) is 0 Å². The molecule has 3 rings (SSSR count). The SMILES string of the molecule is Cc1ccc(NC(=S)NC[C@]2(C)C[C@H](NC(=S)Nc3ccc(C)c(C)c3)CC(C)(C)C2)cc1C. The molecule has 2 aromatic rings. The second-order valence-corrected chi connectivity index (χ2v) is 12.1. The first kappa shape index (κ1) is 26.4. The quantitative estimate of drug-likeness (QED) is 0.342. The number of anilines is 2. The van der Waals surface area contributed by atoms with Crippen LogP contribution in [0.15, 0.2) is 36.4 Å². The van der Waals surface area contributed by atoms with E-state index in [9.17, 15) is 0 Å². The molecule has 0 saturated heterocycles. The summed E-state index contributed by atoms with van der Waals surface area (Å²) in [6.45, 7) is 16.4. The van der Waals surface area contributed by atoms with Gasteiger partial charge in [0.2, 0.25) is 0 Å². The van der Waals surface area contributed by atoms with E-state index in [-0.39, 0.29) is 10.8 Å². The molecule has 2 atom stereocenters. The van der Waals surface area contributed by atoms with Crippen LogP contribution in [0.25, 0.3) is 0 Å². The summed E-state index contributed by atoms with van der Waals surface area (Å²) in [4.78, 5) is 0. The van der Waals surface area contributed by atoms with Crippen molar-refractivity contribution in [2.75, 3.05) is 17.2 Å². The summed E-state index contributed by atoms with van der Waals surface area (Å²) >= 11 is 11.3.